The first-order valence-corrected chi connectivity index (χ1v) is 5.84. The van der Waals surface area contributed by atoms with E-state index in [2.05, 4.69) is 20.8 Å². The minimum absolute atomic E-state index is 0.182. The Balaban J connectivity index is 2.20. The van der Waals surface area contributed by atoms with Gasteiger partial charge < -0.3 is 0 Å². The number of carbonyl (C=O) groups is 1. The summed E-state index contributed by atoms with van der Waals surface area (Å²) in [4.78, 5) is 29.6. The number of aromatic amines is 1. The molecule has 18 heavy (non-hydrogen) atoms. The first-order valence-electron chi connectivity index (χ1n) is 5.30. The summed E-state index contributed by atoms with van der Waals surface area (Å²) in [5.41, 5.74) is 5.21. The molecule has 2 aromatic rings. The van der Waals surface area contributed by atoms with E-state index in [4.69, 9.17) is 11.6 Å². The molecule has 6 nitrogen and oxygen atoms in total. The monoisotopic (exact) mass is 266 g/mol. The van der Waals surface area contributed by atoms with Gasteiger partial charge in [0.15, 0.2) is 0 Å². The van der Waals surface area contributed by atoms with Crippen LogP contribution in [0.4, 0.5) is 5.95 Å². The van der Waals surface area contributed by atoms with E-state index in [1.807, 2.05) is 0 Å². The molecule has 94 valence electrons. The second-order valence-electron chi connectivity index (χ2n) is 3.54. The Morgan fingerprint density at radius 3 is 2.94 bits per heavy atom. The number of amides is 1. The molecule has 0 aliphatic carbocycles. The number of halogens is 1. The van der Waals surface area contributed by atoms with Crippen molar-refractivity contribution in [2.24, 2.45) is 0 Å². The number of nitrogens with zero attached hydrogens (tertiary/aromatic N) is 1. The first kappa shape index (κ1) is 12.4. The molecule has 1 aromatic carbocycles. The SMILES string of the molecule is O=C(CCCl)NNc1nc2ccccc2c(=O)[nH]1. The summed E-state index contributed by atoms with van der Waals surface area (Å²) >= 11 is 5.42. The number of para-hydroxylation sites is 1. The van der Waals surface area contributed by atoms with Crippen LogP contribution in [-0.4, -0.2) is 21.8 Å². The number of hydrazine groups is 1. The summed E-state index contributed by atoms with van der Waals surface area (Å²) < 4.78 is 0. The molecule has 7 heteroatoms. The van der Waals surface area contributed by atoms with Crippen LogP contribution in [0, 0.1) is 0 Å². The maximum Gasteiger partial charge on any atom is 0.260 e. The van der Waals surface area contributed by atoms with Crippen molar-refractivity contribution in [2.75, 3.05) is 11.3 Å². The van der Waals surface area contributed by atoms with Gasteiger partial charge in [-0.25, -0.2) is 4.98 Å². The van der Waals surface area contributed by atoms with Gasteiger partial charge >= 0.3 is 0 Å². The van der Waals surface area contributed by atoms with Gasteiger partial charge in [0.1, 0.15) is 0 Å². The smallest absolute Gasteiger partial charge is 0.260 e. The lowest BCUT2D eigenvalue weighted by Crippen LogP contribution is -2.31. The van der Waals surface area contributed by atoms with Gasteiger partial charge in [-0.1, -0.05) is 12.1 Å². The minimum Gasteiger partial charge on any atom is -0.291 e. The molecule has 1 aromatic heterocycles. The number of carbonyl (C=O) groups excluding carboxylic acids is 1. The Morgan fingerprint density at radius 2 is 2.17 bits per heavy atom. The van der Waals surface area contributed by atoms with Gasteiger partial charge in [0.2, 0.25) is 11.9 Å². The van der Waals surface area contributed by atoms with E-state index in [1.165, 1.54) is 0 Å². The highest BCUT2D eigenvalue weighted by Gasteiger charge is 2.04. The summed E-state index contributed by atoms with van der Waals surface area (Å²) in [6.45, 7) is 0. The van der Waals surface area contributed by atoms with Gasteiger partial charge in [0.25, 0.3) is 5.56 Å². The van der Waals surface area contributed by atoms with Crippen LogP contribution in [0.25, 0.3) is 10.9 Å². The number of aromatic nitrogens is 2. The van der Waals surface area contributed by atoms with Crippen LogP contribution in [0.2, 0.25) is 0 Å². The Bertz CT molecular complexity index is 626. The number of anilines is 1. The fourth-order valence-corrected chi connectivity index (χ4v) is 1.59. The normalized spacial score (nSPS) is 10.3. The molecular weight excluding hydrogens is 256 g/mol. The fourth-order valence-electron chi connectivity index (χ4n) is 1.42. The van der Waals surface area contributed by atoms with Gasteiger partial charge in [-0.2, -0.15) is 0 Å². The van der Waals surface area contributed by atoms with Crippen molar-refractivity contribution in [3.8, 4) is 0 Å². The van der Waals surface area contributed by atoms with Crippen LogP contribution in [0.3, 0.4) is 0 Å². The van der Waals surface area contributed by atoms with Crippen molar-refractivity contribution < 1.29 is 4.79 Å². The summed E-state index contributed by atoms with van der Waals surface area (Å²) in [6.07, 6.45) is 0.187. The van der Waals surface area contributed by atoms with Gasteiger partial charge in [-0.05, 0) is 12.1 Å². The number of hydrogen-bond acceptors (Lipinski definition) is 4. The lowest BCUT2D eigenvalue weighted by Gasteiger charge is -2.07. The average molecular weight is 267 g/mol. The zero-order chi connectivity index (χ0) is 13.0. The quantitative estimate of drug-likeness (QED) is 0.569. The molecule has 0 radical (unpaired) electrons. The van der Waals surface area contributed by atoms with Crippen molar-refractivity contribution >= 4 is 34.4 Å². The van der Waals surface area contributed by atoms with Crippen LogP contribution in [0.15, 0.2) is 29.1 Å². The number of fused-ring (bicyclic) bond motifs is 1. The van der Waals surface area contributed by atoms with Crippen molar-refractivity contribution in [1.82, 2.24) is 15.4 Å². The molecule has 3 N–H and O–H groups in total. The number of nitrogens with one attached hydrogen (secondary N) is 3. The molecule has 0 saturated heterocycles. The Kier molecular flexibility index (Phi) is 3.78. The minimum atomic E-state index is -0.277. The third-order valence-electron chi connectivity index (χ3n) is 2.25. The lowest BCUT2D eigenvalue weighted by atomic mass is 10.2. The molecule has 0 aliphatic heterocycles. The Morgan fingerprint density at radius 1 is 1.39 bits per heavy atom. The highest BCUT2D eigenvalue weighted by Crippen LogP contribution is 2.06. The number of rotatable bonds is 4. The third-order valence-corrected chi connectivity index (χ3v) is 2.44. The Hall–Kier alpha value is -2.08. The van der Waals surface area contributed by atoms with Crippen molar-refractivity contribution in [3.05, 3.63) is 34.6 Å². The van der Waals surface area contributed by atoms with Gasteiger partial charge in [0.05, 0.1) is 10.9 Å². The molecule has 2 rings (SSSR count). The number of H-pyrrole nitrogens is 1. The molecule has 0 atom stereocenters. The van der Waals surface area contributed by atoms with Gasteiger partial charge in [-0.15, -0.1) is 11.6 Å². The average Bonchev–Trinajstić information content (AvgIpc) is 2.37. The topological polar surface area (TPSA) is 86.9 Å². The summed E-state index contributed by atoms with van der Waals surface area (Å²) in [5.74, 6) is 0.136. The van der Waals surface area contributed by atoms with E-state index < -0.39 is 0 Å². The van der Waals surface area contributed by atoms with Crippen LogP contribution < -0.4 is 16.4 Å². The van der Waals surface area contributed by atoms with Crippen LogP contribution in [0.1, 0.15) is 6.42 Å². The van der Waals surface area contributed by atoms with Gasteiger partial charge in [-0.3, -0.25) is 25.4 Å². The molecule has 0 spiro atoms. The highest BCUT2D eigenvalue weighted by molar-refractivity contribution is 6.18. The van der Waals surface area contributed by atoms with Crippen LogP contribution >= 0.6 is 11.6 Å². The highest BCUT2D eigenvalue weighted by atomic mass is 35.5. The molecule has 0 fully saturated rings. The number of alkyl halides is 1. The predicted molar refractivity (Wildman–Crippen MR) is 69.5 cm³/mol. The molecular formula is C11H11ClN4O2. The number of hydrogen-bond donors (Lipinski definition) is 3. The molecule has 0 bridgehead atoms. The number of benzene rings is 1. The zero-order valence-electron chi connectivity index (χ0n) is 9.37. The molecule has 0 aliphatic rings. The van der Waals surface area contributed by atoms with E-state index in [0.29, 0.717) is 10.9 Å². The van der Waals surface area contributed by atoms with Crippen LogP contribution in [0.5, 0.6) is 0 Å². The van der Waals surface area contributed by atoms with E-state index in [-0.39, 0.29) is 29.7 Å². The van der Waals surface area contributed by atoms with Gasteiger partial charge in [0, 0.05) is 12.3 Å². The largest absolute Gasteiger partial charge is 0.291 e. The van der Waals surface area contributed by atoms with E-state index >= 15 is 0 Å². The maximum atomic E-state index is 11.7. The molecule has 1 heterocycles. The summed E-state index contributed by atoms with van der Waals surface area (Å²) in [5, 5.41) is 0.495. The molecule has 0 unspecified atom stereocenters. The lowest BCUT2D eigenvalue weighted by molar-refractivity contribution is -0.120. The molecule has 0 saturated carbocycles. The fraction of sp³-hybridized carbons (Fsp3) is 0.182. The summed E-state index contributed by atoms with van der Waals surface area (Å²) in [7, 11) is 0. The Labute approximate surface area is 107 Å². The predicted octanol–water partition coefficient (Wildman–Crippen LogP) is 0.995. The van der Waals surface area contributed by atoms with Crippen LogP contribution in [-0.2, 0) is 4.79 Å². The molecule has 1 amide bonds. The second-order valence-corrected chi connectivity index (χ2v) is 3.92. The van der Waals surface area contributed by atoms with E-state index in [0.717, 1.165) is 0 Å². The van der Waals surface area contributed by atoms with Crippen molar-refractivity contribution in [3.63, 3.8) is 0 Å². The van der Waals surface area contributed by atoms with Crippen molar-refractivity contribution in [1.29, 1.82) is 0 Å². The zero-order valence-corrected chi connectivity index (χ0v) is 10.1. The van der Waals surface area contributed by atoms with E-state index in [9.17, 15) is 9.59 Å². The standard InChI is InChI=1S/C11H11ClN4O2/c12-6-5-9(17)15-16-11-13-8-4-2-1-3-7(8)10(18)14-11/h1-4H,5-6H2,(H,15,17)(H2,13,14,16,18). The third kappa shape index (κ3) is 2.78. The maximum absolute atomic E-state index is 11.7. The second kappa shape index (κ2) is 5.50. The van der Waals surface area contributed by atoms with Crippen molar-refractivity contribution in [2.45, 2.75) is 6.42 Å². The first-order chi connectivity index (χ1) is 8.70. The van der Waals surface area contributed by atoms with E-state index in [1.54, 1.807) is 24.3 Å². The summed E-state index contributed by atoms with van der Waals surface area (Å²) in [6, 6.07) is 6.94.